The van der Waals surface area contributed by atoms with Crippen LogP contribution in [0, 0.1) is 5.92 Å². The minimum Gasteiger partial charge on any atom is -0.465 e. The highest BCUT2D eigenvalue weighted by molar-refractivity contribution is 7.85. The lowest BCUT2D eigenvalue weighted by Crippen LogP contribution is -2.20. The van der Waals surface area contributed by atoms with Gasteiger partial charge in [0.25, 0.3) is 0 Å². The van der Waals surface area contributed by atoms with E-state index < -0.39 is 40.9 Å². The zero-order valence-corrected chi connectivity index (χ0v) is 9.99. The lowest BCUT2D eigenvalue weighted by Gasteiger charge is -2.08. The van der Waals surface area contributed by atoms with Crippen LogP contribution in [0.25, 0.3) is 0 Å². The standard InChI is InChI=1S/C9H15F3O3S/c1-7(2)5-15-8(13)6-16(14)4-3-9(10,11)12/h7H,3-6H2,1-2H3. The maximum absolute atomic E-state index is 11.8. The SMILES string of the molecule is CC(C)COC(=O)CS(=O)CCC(F)(F)F. The van der Waals surface area contributed by atoms with E-state index in [-0.39, 0.29) is 12.5 Å². The summed E-state index contributed by atoms with van der Waals surface area (Å²) in [6.07, 6.45) is -5.48. The molecular weight excluding hydrogens is 245 g/mol. The molecule has 0 heterocycles. The van der Waals surface area contributed by atoms with Crippen molar-refractivity contribution in [2.45, 2.75) is 26.4 Å². The van der Waals surface area contributed by atoms with E-state index in [1.807, 2.05) is 13.8 Å². The molecule has 1 atom stereocenters. The fourth-order valence-electron chi connectivity index (χ4n) is 0.734. The monoisotopic (exact) mass is 260 g/mol. The van der Waals surface area contributed by atoms with E-state index in [2.05, 4.69) is 0 Å². The number of halogens is 3. The first-order valence-electron chi connectivity index (χ1n) is 4.78. The Labute approximate surface area is 94.8 Å². The zero-order chi connectivity index (χ0) is 12.8. The number of hydrogen-bond donors (Lipinski definition) is 0. The average Bonchev–Trinajstić information content (AvgIpc) is 2.10. The van der Waals surface area contributed by atoms with Gasteiger partial charge in [-0.3, -0.25) is 9.00 Å². The third kappa shape index (κ3) is 9.95. The summed E-state index contributed by atoms with van der Waals surface area (Å²) in [6.45, 7) is 3.84. The van der Waals surface area contributed by atoms with Crippen molar-refractivity contribution in [1.29, 1.82) is 0 Å². The first-order valence-corrected chi connectivity index (χ1v) is 6.27. The molecular formula is C9H15F3O3S. The highest BCUT2D eigenvalue weighted by Gasteiger charge is 2.28. The van der Waals surface area contributed by atoms with Gasteiger partial charge in [-0.2, -0.15) is 13.2 Å². The minimum atomic E-state index is -4.34. The number of esters is 1. The summed E-state index contributed by atoms with van der Waals surface area (Å²) in [4.78, 5) is 11.0. The number of carbonyl (C=O) groups is 1. The first-order chi connectivity index (χ1) is 7.20. The molecule has 0 spiro atoms. The van der Waals surface area contributed by atoms with E-state index in [1.165, 1.54) is 0 Å². The van der Waals surface area contributed by atoms with Gasteiger partial charge in [0.2, 0.25) is 0 Å². The zero-order valence-electron chi connectivity index (χ0n) is 9.17. The molecule has 0 rings (SSSR count). The van der Waals surface area contributed by atoms with Gasteiger partial charge in [-0.05, 0) is 5.92 Å². The Morgan fingerprint density at radius 3 is 2.38 bits per heavy atom. The summed E-state index contributed by atoms with van der Waals surface area (Å²) in [7, 11) is -1.81. The second-order valence-electron chi connectivity index (χ2n) is 3.73. The summed E-state index contributed by atoms with van der Waals surface area (Å²) in [5, 5.41) is 0. The number of alkyl halides is 3. The van der Waals surface area contributed by atoms with Crippen LogP contribution in [0.2, 0.25) is 0 Å². The highest BCUT2D eigenvalue weighted by Crippen LogP contribution is 2.19. The normalized spacial score (nSPS) is 13.9. The summed E-state index contributed by atoms with van der Waals surface area (Å²) in [5.41, 5.74) is 0. The predicted molar refractivity (Wildman–Crippen MR) is 54.3 cm³/mol. The molecule has 0 saturated heterocycles. The molecule has 16 heavy (non-hydrogen) atoms. The van der Waals surface area contributed by atoms with Crippen LogP contribution in [0.3, 0.4) is 0 Å². The summed E-state index contributed by atoms with van der Waals surface area (Å²) in [6, 6.07) is 0. The lowest BCUT2D eigenvalue weighted by atomic mass is 10.2. The quantitative estimate of drug-likeness (QED) is 0.685. The topological polar surface area (TPSA) is 43.4 Å². The molecule has 0 aliphatic carbocycles. The van der Waals surface area contributed by atoms with Gasteiger partial charge in [0.05, 0.1) is 13.0 Å². The van der Waals surface area contributed by atoms with E-state index in [0.29, 0.717) is 0 Å². The maximum Gasteiger partial charge on any atom is 0.390 e. The van der Waals surface area contributed by atoms with Crippen LogP contribution in [0.1, 0.15) is 20.3 Å². The van der Waals surface area contributed by atoms with Gasteiger partial charge in [-0.15, -0.1) is 0 Å². The molecule has 0 aromatic carbocycles. The van der Waals surface area contributed by atoms with E-state index in [1.54, 1.807) is 0 Å². The van der Waals surface area contributed by atoms with E-state index in [0.717, 1.165) is 0 Å². The number of hydrogen-bond acceptors (Lipinski definition) is 3. The van der Waals surface area contributed by atoms with Crippen LogP contribution in [0.15, 0.2) is 0 Å². The van der Waals surface area contributed by atoms with Crippen molar-refractivity contribution in [3.05, 3.63) is 0 Å². The summed E-state index contributed by atoms with van der Waals surface area (Å²) >= 11 is 0. The van der Waals surface area contributed by atoms with Gasteiger partial charge >= 0.3 is 12.1 Å². The van der Waals surface area contributed by atoms with Crippen LogP contribution in [0.5, 0.6) is 0 Å². The van der Waals surface area contributed by atoms with Gasteiger partial charge in [0.15, 0.2) is 0 Å². The second-order valence-corrected chi connectivity index (χ2v) is 5.31. The Kier molecular flexibility index (Phi) is 6.62. The van der Waals surface area contributed by atoms with Crippen LogP contribution in [0.4, 0.5) is 13.2 Å². The van der Waals surface area contributed by atoms with Crippen molar-refractivity contribution < 1.29 is 26.9 Å². The Hall–Kier alpha value is -0.590. The molecule has 0 saturated carbocycles. The number of rotatable bonds is 6. The molecule has 7 heteroatoms. The number of ether oxygens (including phenoxy) is 1. The molecule has 0 fully saturated rings. The van der Waals surface area contributed by atoms with Gasteiger partial charge in [0.1, 0.15) is 5.75 Å². The minimum absolute atomic E-state index is 0.146. The molecule has 0 radical (unpaired) electrons. The molecule has 0 amide bonds. The molecule has 0 bridgehead atoms. The summed E-state index contributed by atoms with van der Waals surface area (Å²) in [5.74, 6) is -1.59. The average molecular weight is 260 g/mol. The maximum atomic E-state index is 11.8. The largest absolute Gasteiger partial charge is 0.465 e. The van der Waals surface area contributed by atoms with Crippen molar-refractivity contribution >= 4 is 16.8 Å². The van der Waals surface area contributed by atoms with E-state index in [9.17, 15) is 22.2 Å². The molecule has 0 aromatic heterocycles. The van der Waals surface area contributed by atoms with Gasteiger partial charge in [-0.25, -0.2) is 0 Å². The first kappa shape index (κ1) is 15.4. The Morgan fingerprint density at radius 1 is 1.38 bits per heavy atom. The molecule has 3 nitrogen and oxygen atoms in total. The second kappa shape index (κ2) is 6.88. The number of carbonyl (C=O) groups excluding carboxylic acids is 1. The van der Waals surface area contributed by atoms with Crippen molar-refractivity contribution in [2.75, 3.05) is 18.1 Å². The third-order valence-electron chi connectivity index (χ3n) is 1.47. The molecule has 0 N–H and O–H groups in total. The van der Waals surface area contributed by atoms with Crippen LogP contribution >= 0.6 is 0 Å². The van der Waals surface area contributed by atoms with Gasteiger partial charge < -0.3 is 4.74 Å². The third-order valence-corrected chi connectivity index (χ3v) is 2.69. The lowest BCUT2D eigenvalue weighted by molar-refractivity contribution is -0.141. The highest BCUT2D eigenvalue weighted by atomic mass is 32.2. The smallest absolute Gasteiger partial charge is 0.390 e. The Bertz CT molecular complexity index is 251. The van der Waals surface area contributed by atoms with Gasteiger partial charge in [-0.1, -0.05) is 13.8 Å². The predicted octanol–water partition coefficient (Wildman–Crippen LogP) is 1.89. The Morgan fingerprint density at radius 2 is 1.94 bits per heavy atom. The van der Waals surface area contributed by atoms with Crippen LogP contribution in [-0.4, -0.2) is 34.5 Å². The van der Waals surface area contributed by atoms with Crippen molar-refractivity contribution in [1.82, 2.24) is 0 Å². The summed E-state index contributed by atoms with van der Waals surface area (Å²) < 4.78 is 51.0. The molecule has 0 aliphatic rings. The molecule has 1 unspecified atom stereocenters. The van der Waals surface area contributed by atoms with Crippen LogP contribution in [-0.2, 0) is 20.3 Å². The van der Waals surface area contributed by atoms with Crippen LogP contribution < -0.4 is 0 Å². The van der Waals surface area contributed by atoms with Gasteiger partial charge in [0, 0.05) is 16.6 Å². The fraction of sp³-hybridized carbons (Fsp3) is 0.889. The molecule has 0 aromatic rings. The fourth-order valence-corrected chi connectivity index (χ4v) is 1.68. The molecule has 96 valence electrons. The van der Waals surface area contributed by atoms with Crippen molar-refractivity contribution in [3.8, 4) is 0 Å². The van der Waals surface area contributed by atoms with Crippen molar-refractivity contribution in [3.63, 3.8) is 0 Å². The molecule has 0 aliphatic heterocycles. The van der Waals surface area contributed by atoms with E-state index >= 15 is 0 Å². The van der Waals surface area contributed by atoms with Crippen molar-refractivity contribution in [2.24, 2.45) is 5.92 Å². The Balaban J connectivity index is 3.75. The van der Waals surface area contributed by atoms with E-state index in [4.69, 9.17) is 4.74 Å².